The molecule has 2 fully saturated rings. The molecule has 1 aromatic carbocycles. The lowest BCUT2D eigenvalue weighted by atomic mass is 9.99. The predicted molar refractivity (Wildman–Crippen MR) is 90.4 cm³/mol. The smallest absolute Gasteiger partial charge is 0.315 e. The van der Waals surface area contributed by atoms with Crippen LogP contribution in [0.2, 0.25) is 0 Å². The first-order valence-corrected chi connectivity index (χ1v) is 8.96. The van der Waals surface area contributed by atoms with Gasteiger partial charge < -0.3 is 20.1 Å². The number of hydrogen-bond acceptors (Lipinski definition) is 4. The Morgan fingerprint density at radius 2 is 2.08 bits per heavy atom. The zero-order chi connectivity index (χ0) is 16.4. The minimum absolute atomic E-state index is 0.0480. The molecule has 3 aliphatic heterocycles. The van der Waals surface area contributed by atoms with Crippen LogP contribution in [-0.4, -0.2) is 49.4 Å². The summed E-state index contributed by atoms with van der Waals surface area (Å²) in [7, 11) is 0. The first-order chi connectivity index (χ1) is 11.8. The van der Waals surface area contributed by atoms with E-state index in [9.17, 15) is 4.79 Å². The summed E-state index contributed by atoms with van der Waals surface area (Å²) >= 11 is 0. The molecule has 130 valence electrons. The molecule has 2 N–H and O–H groups in total. The van der Waals surface area contributed by atoms with E-state index in [-0.39, 0.29) is 6.03 Å². The number of ether oxygens (including phenoxy) is 2. The highest BCUT2D eigenvalue weighted by Crippen LogP contribution is 2.32. The van der Waals surface area contributed by atoms with Crippen LogP contribution >= 0.6 is 0 Å². The fourth-order valence-electron chi connectivity index (χ4n) is 4.05. The van der Waals surface area contributed by atoms with Crippen LogP contribution in [0.25, 0.3) is 0 Å². The molecular formula is C18H25N3O3. The Labute approximate surface area is 142 Å². The number of carbonyl (C=O) groups excluding carboxylic acids is 1. The number of urea groups is 1. The van der Waals surface area contributed by atoms with E-state index in [0.29, 0.717) is 25.4 Å². The van der Waals surface area contributed by atoms with Crippen LogP contribution in [0.4, 0.5) is 4.79 Å². The molecule has 0 unspecified atom stereocenters. The van der Waals surface area contributed by atoms with Crippen molar-refractivity contribution in [2.45, 2.75) is 44.2 Å². The van der Waals surface area contributed by atoms with Crippen molar-refractivity contribution >= 4 is 6.03 Å². The molecule has 0 aromatic heterocycles. The molecule has 1 aromatic rings. The number of rotatable bonds is 4. The Kier molecular flexibility index (Phi) is 4.47. The van der Waals surface area contributed by atoms with Crippen molar-refractivity contribution in [2.24, 2.45) is 0 Å². The third kappa shape index (κ3) is 3.29. The van der Waals surface area contributed by atoms with Crippen LogP contribution in [0.15, 0.2) is 18.2 Å². The highest BCUT2D eigenvalue weighted by molar-refractivity contribution is 5.74. The lowest BCUT2D eigenvalue weighted by molar-refractivity contribution is 0.174. The van der Waals surface area contributed by atoms with Gasteiger partial charge in [0.15, 0.2) is 11.5 Å². The van der Waals surface area contributed by atoms with E-state index in [1.54, 1.807) is 0 Å². The zero-order valence-electron chi connectivity index (χ0n) is 13.9. The third-order valence-corrected chi connectivity index (χ3v) is 5.31. The van der Waals surface area contributed by atoms with Crippen LogP contribution in [0, 0.1) is 0 Å². The molecule has 0 saturated carbocycles. The molecule has 0 aliphatic carbocycles. The van der Waals surface area contributed by atoms with Crippen molar-refractivity contribution in [1.29, 1.82) is 0 Å². The van der Waals surface area contributed by atoms with E-state index in [4.69, 9.17) is 9.47 Å². The number of benzene rings is 1. The maximum atomic E-state index is 12.2. The summed E-state index contributed by atoms with van der Waals surface area (Å²) in [6.45, 7) is 3.22. The van der Waals surface area contributed by atoms with Gasteiger partial charge in [-0.25, -0.2) is 4.79 Å². The molecule has 4 rings (SSSR count). The fraction of sp³-hybridized carbons (Fsp3) is 0.611. The summed E-state index contributed by atoms with van der Waals surface area (Å²) in [6, 6.07) is 6.72. The molecule has 0 radical (unpaired) electrons. The Morgan fingerprint density at radius 1 is 1.17 bits per heavy atom. The molecule has 6 nitrogen and oxygen atoms in total. The summed E-state index contributed by atoms with van der Waals surface area (Å²) in [4.78, 5) is 14.7. The molecule has 3 heterocycles. The number of nitrogens with one attached hydrogen (secondary N) is 2. The Hall–Kier alpha value is -1.95. The van der Waals surface area contributed by atoms with Crippen molar-refractivity contribution in [3.05, 3.63) is 23.8 Å². The number of hydrogen-bond donors (Lipinski definition) is 2. The first kappa shape index (κ1) is 15.6. The number of piperidine rings is 1. The molecule has 2 amide bonds. The second-order valence-electron chi connectivity index (χ2n) is 6.83. The molecule has 2 saturated heterocycles. The molecule has 24 heavy (non-hydrogen) atoms. The summed E-state index contributed by atoms with van der Waals surface area (Å²) in [5.41, 5.74) is 1.14. The summed E-state index contributed by atoms with van der Waals surface area (Å²) in [5.74, 6) is 1.59. The van der Waals surface area contributed by atoms with Gasteiger partial charge >= 0.3 is 6.03 Å². The van der Waals surface area contributed by atoms with Crippen molar-refractivity contribution in [3.8, 4) is 11.5 Å². The zero-order valence-corrected chi connectivity index (χ0v) is 13.9. The van der Waals surface area contributed by atoms with Crippen molar-refractivity contribution in [2.75, 3.05) is 26.4 Å². The largest absolute Gasteiger partial charge is 0.454 e. The quantitative estimate of drug-likeness (QED) is 0.884. The molecule has 3 aliphatic rings. The van der Waals surface area contributed by atoms with Crippen molar-refractivity contribution in [3.63, 3.8) is 0 Å². The first-order valence-electron chi connectivity index (χ1n) is 8.96. The summed E-state index contributed by atoms with van der Waals surface area (Å²) in [5, 5.41) is 6.15. The second-order valence-corrected chi connectivity index (χ2v) is 6.83. The molecule has 2 atom stereocenters. The Bertz CT molecular complexity index is 607. The van der Waals surface area contributed by atoms with E-state index in [1.807, 2.05) is 18.2 Å². The van der Waals surface area contributed by atoms with E-state index in [1.165, 1.54) is 25.8 Å². The van der Waals surface area contributed by atoms with Crippen LogP contribution in [0.5, 0.6) is 11.5 Å². The standard InChI is InChI=1S/C18H25N3O3/c22-18(20-14-7-10-21-9-2-1-3-15(14)21)19-8-6-13-4-5-16-17(11-13)24-12-23-16/h4-5,11,14-15H,1-3,6-10,12H2,(H2,19,20,22)/t14-,15-/m1/s1. The average Bonchev–Trinajstić information content (AvgIpc) is 3.22. The molecule has 0 spiro atoms. The van der Waals surface area contributed by atoms with E-state index in [2.05, 4.69) is 15.5 Å². The number of nitrogens with zero attached hydrogens (tertiary/aromatic N) is 1. The number of fused-ring (bicyclic) bond motifs is 2. The highest BCUT2D eigenvalue weighted by atomic mass is 16.7. The topological polar surface area (TPSA) is 62.8 Å². The molecule has 0 bridgehead atoms. The Morgan fingerprint density at radius 3 is 3.04 bits per heavy atom. The van der Waals surface area contributed by atoms with Gasteiger partial charge in [-0.1, -0.05) is 12.5 Å². The number of carbonyl (C=O) groups is 1. The third-order valence-electron chi connectivity index (χ3n) is 5.31. The second kappa shape index (κ2) is 6.89. The van der Waals surface area contributed by atoms with Crippen LogP contribution < -0.4 is 20.1 Å². The normalized spacial score (nSPS) is 25.3. The summed E-state index contributed by atoms with van der Waals surface area (Å²) in [6.07, 6.45) is 5.64. The maximum absolute atomic E-state index is 12.2. The van der Waals surface area contributed by atoms with E-state index >= 15 is 0 Å². The molecule has 6 heteroatoms. The van der Waals surface area contributed by atoms with E-state index in [0.717, 1.165) is 36.4 Å². The van der Waals surface area contributed by atoms with Gasteiger partial charge in [-0.05, 0) is 49.9 Å². The monoisotopic (exact) mass is 331 g/mol. The lowest BCUT2D eigenvalue weighted by Gasteiger charge is -2.32. The van der Waals surface area contributed by atoms with Gasteiger partial charge in [-0.15, -0.1) is 0 Å². The van der Waals surface area contributed by atoms with Gasteiger partial charge in [0.1, 0.15) is 0 Å². The maximum Gasteiger partial charge on any atom is 0.315 e. The average molecular weight is 331 g/mol. The van der Waals surface area contributed by atoms with E-state index < -0.39 is 0 Å². The van der Waals surface area contributed by atoms with Gasteiger partial charge in [0.2, 0.25) is 6.79 Å². The van der Waals surface area contributed by atoms with Gasteiger partial charge in [0, 0.05) is 25.2 Å². The van der Waals surface area contributed by atoms with Crippen LogP contribution in [0.3, 0.4) is 0 Å². The minimum atomic E-state index is -0.0480. The lowest BCUT2D eigenvalue weighted by Crippen LogP contribution is -2.49. The number of amides is 2. The SMILES string of the molecule is O=C(NCCc1ccc2c(c1)OCO2)N[C@@H]1CCN2CCCC[C@H]12. The van der Waals surface area contributed by atoms with Crippen LogP contribution in [0.1, 0.15) is 31.2 Å². The Balaban J connectivity index is 1.22. The minimum Gasteiger partial charge on any atom is -0.454 e. The van der Waals surface area contributed by atoms with Crippen LogP contribution in [-0.2, 0) is 6.42 Å². The van der Waals surface area contributed by atoms with Gasteiger partial charge in [-0.3, -0.25) is 4.90 Å². The fourth-order valence-corrected chi connectivity index (χ4v) is 4.05. The van der Waals surface area contributed by atoms with Gasteiger partial charge in [0.05, 0.1) is 0 Å². The highest BCUT2D eigenvalue weighted by Gasteiger charge is 2.36. The van der Waals surface area contributed by atoms with Crippen molar-refractivity contribution < 1.29 is 14.3 Å². The van der Waals surface area contributed by atoms with Crippen molar-refractivity contribution in [1.82, 2.24) is 15.5 Å². The van der Waals surface area contributed by atoms with Gasteiger partial charge in [0.25, 0.3) is 0 Å². The summed E-state index contributed by atoms with van der Waals surface area (Å²) < 4.78 is 10.7. The molecular weight excluding hydrogens is 306 g/mol. The van der Waals surface area contributed by atoms with Gasteiger partial charge in [-0.2, -0.15) is 0 Å². The predicted octanol–water partition coefficient (Wildman–Crippen LogP) is 1.88.